The van der Waals surface area contributed by atoms with Crippen LogP contribution in [0, 0.1) is 5.82 Å². The molecule has 0 bridgehead atoms. The Hall–Kier alpha value is -2.16. The van der Waals surface area contributed by atoms with Gasteiger partial charge < -0.3 is 5.32 Å². The zero-order chi connectivity index (χ0) is 17.0. The summed E-state index contributed by atoms with van der Waals surface area (Å²) in [5.41, 5.74) is 1.66. The highest BCUT2D eigenvalue weighted by Crippen LogP contribution is 2.41. The second kappa shape index (κ2) is 7.16. The van der Waals surface area contributed by atoms with E-state index in [1.165, 1.54) is 17.7 Å². The Morgan fingerprint density at radius 1 is 1.08 bits per heavy atom. The third-order valence-electron chi connectivity index (χ3n) is 5.23. The third-order valence-corrected chi connectivity index (χ3v) is 5.23. The van der Waals surface area contributed by atoms with E-state index in [4.69, 9.17) is 0 Å². The minimum atomic E-state index is -0.496. The molecule has 1 fully saturated rings. The predicted molar refractivity (Wildman–Crippen MR) is 94.4 cm³/mol. The molecular weight excluding hydrogens is 301 g/mol. The van der Waals surface area contributed by atoms with E-state index in [2.05, 4.69) is 24.4 Å². The van der Waals surface area contributed by atoms with E-state index >= 15 is 0 Å². The molecule has 0 aromatic heterocycles. The van der Waals surface area contributed by atoms with Crippen molar-refractivity contribution in [2.24, 2.45) is 0 Å². The molecule has 2 aromatic carbocycles. The summed E-state index contributed by atoms with van der Waals surface area (Å²) in [5.74, 6) is 0.0845. The van der Waals surface area contributed by atoms with Gasteiger partial charge in [0.15, 0.2) is 0 Å². The van der Waals surface area contributed by atoms with Crippen LogP contribution in [0.1, 0.15) is 49.7 Å². The molecular formula is C21H24FNO. The van der Waals surface area contributed by atoms with Crippen molar-refractivity contribution < 1.29 is 9.18 Å². The molecule has 0 radical (unpaired) electrons. The number of nitrogens with one attached hydrogen (secondary N) is 1. The third kappa shape index (κ3) is 3.35. The molecule has 0 spiro atoms. The summed E-state index contributed by atoms with van der Waals surface area (Å²) in [6.45, 7) is 2.74. The summed E-state index contributed by atoms with van der Waals surface area (Å²) in [5, 5.41) is 3.14. The van der Waals surface area contributed by atoms with Gasteiger partial charge in [-0.15, -0.1) is 0 Å². The zero-order valence-electron chi connectivity index (χ0n) is 14.1. The molecule has 1 amide bonds. The lowest BCUT2D eigenvalue weighted by atomic mass is 9.78. The monoisotopic (exact) mass is 325 g/mol. The van der Waals surface area contributed by atoms with Crippen molar-refractivity contribution in [2.45, 2.75) is 43.9 Å². The van der Waals surface area contributed by atoms with Crippen LogP contribution >= 0.6 is 0 Å². The molecule has 1 N–H and O–H groups in total. The standard InChI is InChI=1S/C21H24FNO/c1-16(17-7-3-2-4-8-17)15-23-20(24)21(13-5-6-14-21)18-9-11-19(22)12-10-18/h2-4,7-12,16H,5-6,13-15H2,1H3,(H,23,24). The van der Waals surface area contributed by atoms with Gasteiger partial charge >= 0.3 is 0 Å². The fourth-order valence-electron chi connectivity index (χ4n) is 3.71. The summed E-state index contributed by atoms with van der Waals surface area (Å²) < 4.78 is 13.2. The van der Waals surface area contributed by atoms with Crippen molar-refractivity contribution in [2.75, 3.05) is 6.54 Å². The van der Waals surface area contributed by atoms with Crippen LogP contribution in [0.2, 0.25) is 0 Å². The Kier molecular flexibility index (Phi) is 4.98. The molecule has 0 saturated heterocycles. The lowest BCUT2D eigenvalue weighted by molar-refractivity contribution is -0.126. The molecule has 1 unspecified atom stereocenters. The fourth-order valence-corrected chi connectivity index (χ4v) is 3.71. The first-order valence-corrected chi connectivity index (χ1v) is 8.71. The van der Waals surface area contributed by atoms with E-state index in [9.17, 15) is 9.18 Å². The molecule has 3 heteroatoms. The van der Waals surface area contributed by atoms with Crippen LogP contribution in [-0.2, 0) is 10.2 Å². The van der Waals surface area contributed by atoms with Crippen LogP contribution in [0.5, 0.6) is 0 Å². The number of carbonyl (C=O) groups excluding carboxylic acids is 1. The van der Waals surface area contributed by atoms with Gasteiger partial charge in [-0.3, -0.25) is 4.79 Å². The molecule has 0 heterocycles. The SMILES string of the molecule is CC(CNC(=O)C1(c2ccc(F)cc2)CCCC1)c1ccccc1. The van der Waals surface area contributed by atoms with Crippen LogP contribution in [-0.4, -0.2) is 12.5 Å². The van der Waals surface area contributed by atoms with E-state index in [1.54, 1.807) is 12.1 Å². The van der Waals surface area contributed by atoms with Gasteiger partial charge in [-0.25, -0.2) is 4.39 Å². The van der Waals surface area contributed by atoms with Crippen LogP contribution in [0.15, 0.2) is 54.6 Å². The van der Waals surface area contributed by atoms with Gasteiger partial charge in [0.2, 0.25) is 5.91 Å². The van der Waals surface area contributed by atoms with Crippen molar-refractivity contribution >= 4 is 5.91 Å². The maximum Gasteiger partial charge on any atom is 0.230 e. The van der Waals surface area contributed by atoms with E-state index < -0.39 is 5.41 Å². The van der Waals surface area contributed by atoms with E-state index in [0.29, 0.717) is 6.54 Å². The van der Waals surface area contributed by atoms with Crippen molar-refractivity contribution in [3.63, 3.8) is 0 Å². The summed E-state index contributed by atoms with van der Waals surface area (Å²) >= 11 is 0. The number of halogens is 1. The summed E-state index contributed by atoms with van der Waals surface area (Å²) in [7, 11) is 0. The summed E-state index contributed by atoms with van der Waals surface area (Å²) in [6.07, 6.45) is 3.76. The smallest absolute Gasteiger partial charge is 0.230 e. The Morgan fingerprint density at radius 2 is 1.71 bits per heavy atom. The molecule has 1 saturated carbocycles. The average molecular weight is 325 g/mol. The second-order valence-electron chi connectivity index (χ2n) is 6.82. The molecule has 3 rings (SSSR count). The van der Waals surface area contributed by atoms with Gasteiger partial charge in [0.1, 0.15) is 5.82 Å². The highest BCUT2D eigenvalue weighted by molar-refractivity contribution is 5.88. The predicted octanol–water partition coefficient (Wildman–Crippen LogP) is 4.56. The highest BCUT2D eigenvalue weighted by Gasteiger charge is 2.42. The molecule has 2 nitrogen and oxygen atoms in total. The van der Waals surface area contributed by atoms with Gasteiger partial charge in [0.05, 0.1) is 5.41 Å². The molecule has 1 aliphatic carbocycles. The largest absolute Gasteiger partial charge is 0.355 e. The first-order chi connectivity index (χ1) is 11.6. The minimum absolute atomic E-state index is 0.0781. The lowest BCUT2D eigenvalue weighted by Gasteiger charge is -2.29. The van der Waals surface area contributed by atoms with E-state index in [0.717, 1.165) is 31.2 Å². The lowest BCUT2D eigenvalue weighted by Crippen LogP contribution is -2.43. The summed E-state index contributed by atoms with van der Waals surface area (Å²) in [6, 6.07) is 16.6. The van der Waals surface area contributed by atoms with Gasteiger partial charge in [-0.05, 0) is 42.0 Å². The van der Waals surface area contributed by atoms with Crippen molar-refractivity contribution in [1.82, 2.24) is 5.32 Å². The van der Waals surface area contributed by atoms with Gasteiger partial charge in [0, 0.05) is 6.54 Å². The van der Waals surface area contributed by atoms with Crippen LogP contribution in [0.3, 0.4) is 0 Å². The first-order valence-electron chi connectivity index (χ1n) is 8.71. The van der Waals surface area contributed by atoms with Crippen LogP contribution in [0.25, 0.3) is 0 Å². The van der Waals surface area contributed by atoms with Gasteiger partial charge in [-0.1, -0.05) is 62.2 Å². The van der Waals surface area contributed by atoms with Crippen molar-refractivity contribution in [3.05, 3.63) is 71.5 Å². The average Bonchev–Trinajstić information content (AvgIpc) is 3.12. The topological polar surface area (TPSA) is 29.1 Å². The summed E-state index contributed by atoms with van der Waals surface area (Å²) in [4.78, 5) is 13.0. The number of carbonyl (C=O) groups is 1. The maximum atomic E-state index is 13.2. The number of benzene rings is 2. The molecule has 2 aromatic rings. The molecule has 1 aliphatic rings. The Balaban J connectivity index is 1.72. The van der Waals surface area contributed by atoms with Crippen molar-refractivity contribution in [1.29, 1.82) is 0 Å². The van der Waals surface area contributed by atoms with Crippen LogP contribution in [0.4, 0.5) is 4.39 Å². The molecule has 24 heavy (non-hydrogen) atoms. The van der Waals surface area contributed by atoms with E-state index in [-0.39, 0.29) is 17.6 Å². The minimum Gasteiger partial charge on any atom is -0.355 e. The van der Waals surface area contributed by atoms with Gasteiger partial charge in [0.25, 0.3) is 0 Å². The molecule has 126 valence electrons. The van der Waals surface area contributed by atoms with Crippen molar-refractivity contribution in [3.8, 4) is 0 Å². The number of hydrogen-bond donors (Lipinski definition) is 1. The maximum absolute atomic E-state index is 13.2. The Bertz CT molecular complexity index is 675. The molecule has 0 aliphatic heterocycles. The number of amides is 1. The Labute approximate surface area is 143 Å². The quantitative estimate of drug-likeness (QED) is 0.858. The number of hydrogen-bond acceptors (Lipinski definition) is 1. The van der Waals surface area contributed by atoms with Gasteiger partial charge in [-0.2, -0.15) is 0 Å². The van der Waals surface area contributed by atoms with Crippen LogP contribution < -0.4 is 5.32 Å². The number of rotatable bonds is 5. The second-order valence-corrected chi connectivity index (χ2v) is 6.82. The zero-order valence-corrected chi connectivity index (χ0v) is 14.1. The first kappa shape index (κ1) is 16.7. The molecule has 1 atom stereocenters. The normalized spacial score (nSPS) is 17.4. The highest BCUT2D eigenvalue weighted by atomic mass is 19.1. The van der Waals surface area contributed by atoms with E-state index in [1.807, 2.05) is 18.2 Å². The Morgan fingerprint density at radius 3 is 2.33 bits per heavy atom. The fraction of sp³-hybridized carbons (Fsp3) is 0.381.